The predicted molar refractivity (Wildman–Crippen MR) is 238 cm³/mol. The first-order valence-electron chi connectivity index (χ1n) is 17.8. The fraction of sp³-hybridized carbons (Fsp3) is 0.0667. The lowest BCUT2D eigenvalue weighted by Gasteiger charge is -2.14. The molecule has 8 aromatic rings. The summed E-state index contributed by atoms with van der Waals surface area (Å²) in [5.74, 6) is 0.718. The number of phenolic OH excluding ortho intramolecular Hbond substituents is 6. The van der Waals surface area contributed by atoms with Gasteiger partial charge in [-0.3, -0.25) is 18.7 Å². The van der Waals surface area contributed by atoms with E-state index in [0.29, 0.717) is 49.1 Å². The van der Waals surface area contributed by atoms with E-state index in [0.717, 1.165) is 17.7 Å². The molecule has 0 atom stereocenters. The van der Waals surface area contributed by atoms with Crippen LogP contribution < -0.4 is 26.1 Å². The van der Waals surface area contributed by atoms with E-state index in [9.17, 15) is 40.2 Å². The number of pyridine rings is 2. The van der Waals surface area contributed by atoms with Crippen molar-refractivity contribution in [3.05, 3.63) is 159 Å². The second-order valence-corrected chi connectivity index (χ2v) is 13.9. The smallest absolute Gasteiger partial charge is 0.488 e. The number of aromatic nitrogens is 2. The topological polar surface area (TPSA) is 224 Å². The van der Waals surface area contributed by atoms with Crippen LogP contribution in [0.1, 0.15) is 7.43 Å². The zero-order valence-electron chi connectivity index (χ0n) is 31.8. The van der Waals surface area contributed by atoms with Gasteiger partial charge >= 0.3 is 7.12 Å². The Labute approximate surface area is 357 Å². The number of hydrogen-bond donors (Lipinski definition) is 8. The molecule has 8 N–H and O–H groups in total. The van der Waals surface area contributed by atoms with Crippen molar-refractivity contribution in [2.24, 2.45) is 0 Å². The molecular weight excluding hydrogens is 851 g/mol. The minimum Gasteiger partial charge on any atom is -0.508 e. The number of nitrogens with zero attached hydrogens (tertiary/aromatic N) is 2. The average molecular weight is 892 g/mol. The number of benzene rings is 6. The van der Waals surface area contributed by atoms with E-state index in [1.807, 2.05) is 12.1 Å². The molecule has 0 spiro atoms. The average Bonchev–Trinajstić information content (AvgIpc) is 3.23. The highest BCUT2D eigenvalue weighted by Gasteiger charge is 2.17. The van der Waals surface area contributed by atoms with Gasteiger partial charge in [0.25, 0.3) is 11.1 Å². The van der Waals surface area contributed by atoms with Crippen LogP contribution in [0, 0.1) is 0 Å². The summed E-state index contributed by atoms with van der Waals surface area (Å²) in [6.45, 7) is 0. The number of phenols is 6. The Morgan fingerprint density at radius 1 is 0.525 bits per heavy atom. The molecule has 0 fully saturated rings. The molecule has 0 bridgehead atoms. The number of aromatic hydroxyl groups is 6. The van der Waals surface area contributed by atoms with Crippen molar-refractivity contribution in [2.45, 2.75) is 7.43 Å². The fourth-order valence-corrected chi connectivity index (χ4v) is 6.72. The van der Waals surface area contributed by atoms with Crippen LogP contribution >= 0.6 is 15.9 Å². The van der Waals surface area contributed by atoms with Crippen molar-refractivity contribution >= 4 is 50.1 Å². The SMILES string of the molecule is C.COc1ccc(-c2cn(-c3ccc(O)cc3)c(=O)c3c(O)cc(O)cc23)cc1.COc1ccc(B(O)O)cc1.O=c1c2c(O)cc(O)cc2c(Br)cn1-c1ccc(O)cc1. The van der Waals surface area contributed by atoms with Crippen molar-refractivity contribution in [1.82, 2.24) is 9.13 Å². The molecule has 6 aromatic carbocycles. The van der Waals surface area contributed by atoms with Crippen molar-refractivity contribution in [3.8, 4) is 68.5 Å². The van der Waals surface area contributed by atoms with Crippen LogP contribution in [-0.2, 0) is 0 Å². The van der Waals surface area contributed by atoms with Gasteiger partial charge in [-0.1, -0.05) is 31.7 Å². The number of rotatable bonds is 6. The number of hydrogen-bond acceptors (Lipinski definition) is 12. The Morgan fingerprint density at radius 2 is 0.934 bits per heavy atom. The van der Waals surface area contributed by atoms with E-state index in [1.165, 1.54) is 45.5 Å². The molecule has 8 rings (SSSR count). The van der Waals surface area contributed by atoms with Gasteiger partial charge in [0.15, 0.2) is 0 Å². The van der Waals surface area contributed by atoms with Gasteiger partial charge in [-0.25, -0.2) is 0 Å². The van der Waals surface area contributed by atoms with Crippen LogP contribution in [0.2, 0.25) is 0 Å². The minimum absolute atomic E-state index is 0. The fourth-order valence-electron chi connectivity index (χ4n) is 6.20. The second kappa shape index (κ2) is 19.1. The molecule has 0 aliphatic heterocycles. The number of halogens is 1. The van der Waals surface area contributed by atoms with Crippen LogP contribution in [0.5, 0.6) is 46.0 Å². The molecule has 0 saturated carbocycles. The van der Waals surface area contributed by atoms with Crippen molar-refractivity contribution < 1.29 is 50.2 Å². The van der Waals surface area contributed by atoms with Crippen molar-refractivity contribution in [2.75, 3.05) is 14.2 Å². The van der Waals surface area contributed by atoms with E-state index < -0.39 is 18.2 Å². The van der Waals surface area contributed by atoms with E-state index in [4.69, 9.17) is 19.5 Å². The Hall–Kier alpha value is -7.40. The first-order chi connectivity index (χ1) is 28.7. The standard InChI is InChI=1S/C22H17NO5.C15H10BrNO4.C7H9BO3.CH4/c1-28-17-8-2-13(3-9-17)19-12-23(14-4-6-15(24)7-5-14)22(27)21-18(19)10-16(25)11-20(21)26;16-12-7-17(8-1-3-9(18)4-2-8)15(21)14-11(12)5-10(19)6-13(14)20;1-11-7-4-2-6(3-5-7)8(9)10;/h2-12,24-26H,1H3;1-7,18-20H;2-5,9-10H,1H3;1H4. The lowest BCUT2D eigenvalue weighted by atomic mass is 9.80. The zero-order chi connectivity index (χ0) is 43.2. The summed E-state index contributed by atoms with van der Waals surface area (Å²) in [5, 5.41) is 77.1. The maximum atomic E-state index is 13.1. The molecule has 2 heterocycles. The first kappa shape index (κ1) is 44.7. The molecule has 0 aliphatic rings. The third kappa shape index (κ3) is 9.91. The summed E-state index contributed by atoms with van der Waals surface area (Å²) in [6.07, 6.45) is 3.20. The largest absolute Gasteiger partial charge is 0.508 e. The molecule has 16 heteroatoms. The summed E-state index contributed by atoms with van der Waals surface area (Å²) in [4.78, 5) is 25.6. The van der Waals surface area contributed by atoms with Gasteiger partial charge in [-0.2, -0.15) is 0 Å². The molecule has 0 amide bonds. The van der Waals surface area contributed by atoms with Gasteiger partial charge in [0, 0.05) is 56.7 Å². The predicted octanol–water partition coefficient (Wildman–Crippen LogP) is 6.66. The summed E-state index contributed by atoms with van der Waals surface area (Å²) in [6, 6.07) is 31.2. The number of methoxy groups -OCH3 is 2. The minimum atomic E-state index is -1.40. The molecule has 0 saturated heterocycles. The highest BCUT2D eigenvalue weighted by atomic mass is 79.9. The van der Waals surface area contributed by atoms with Crippen LogP contribution in [0.25, 0.3) is 44.0 Å². The van der Waals surface area contributed by atoms with Gasteiger partial charge in [0.2, 0.25) is 0 Å². The van der Waals surface area contributed by atoms with Crippen molar-refractivity contribution in [1.29, 1.82) is 0 Å². The Morgan fingerprint density at radius 3 is 1.38 bits per heavy atom. The lowest BCUT2D eigenvalue weighted by Crippen LogP contribution is -2.29. The molecule has 14 nitrogen and oxygen atoms in total. The van der Waals surface area contributed by atoms with Crippen LogP contribution in [0.15, 0.2) is 148 Å². The third-order valence-corrected chi connectivity index (χ3v) is 9.82. The Balaban J connectivity index is 0.000000188. The highest BCUT2D eigenvalue weighted by Crippen LogP contribution is 2.36. The van der Waals surface area contributed by atoms with E-state index in [2.05, 4.69) is 15.9 Å². The van der Waals surface area contributed by atoms with E-state index in [1.54, 1.807) is 87.3 Å². The van der Waals surface area contributed by atoms with Gasteiger partial charge < -0.3 is 50.2 Å². The summed E-state index contributed by atoms with van der Waals surface area (Å²) in [7, 11) is 1.73. The van der Waals surface area contributed by atoms with Crippen LogP contribution in [0.4, 0.5) is 0 Å². The van der Waals surface area contributed by atoms with E-state index >= 15 is 0 Å². The Bertz CT molecular complexity index is 2920. The molecule has 61 heavy (non-hydrogen) atoms. The quantitative estimate of drug-likeness (QED) is 0.0821. The molecular formula is C45H40BBrN2O12. The number of ether oxygens (including phenoxy) is 2. The first-order valence-corrected chi connectivity index (χ1v) is 18.6. The third-order valence-electron chi connectivity index (χ3n) is 9.19. The van der Waals surface area contributed by atoms with Gasteiger partial charge in [-0.05, 0) is 112 Å². The maximum absolute atomic E-state index is 13.1. The second-order valence-electron chi connectivity index (χ2n) is 13.1. The Kier molecular flexibility index (Phi) is 14.0. The van der Waals surface area contributed by atoms with E-state index in [-0.39, 0.29) is 52.7 Å². The summed E-state index contributed by atoms with van der Waals surface area (Å²) < 4.78 is 13.4. The van der Waals surface area contributed by atoms with Gasteiger partial charge in [0.1, 0.15) is 46.0 Å². The summed E-state index contributed by atoms with van der Waals surface area (Å²) in [5.41, 5.74) is 2.12. The van der Waals surface area contributed by atoms with Crippen LogP contribution in [-0.4, -0.2) is 71.2 Å². The normalized spacial score (nSPS) is 10.4. The molecule has 0 unspecified atom stereocenters. The monoisotopic (exact) mass is 890 g/mol. The van der Waals surface area contributed by atoms with Crippen molar-refractivity contribution in [3.63, 3.8) is 0 Å². The zero-order valence-corrected chi connectivity index (χ0v) is 33.3. The van der Waals surface area contributed by atoms with Gasteiger partial charge in [0.05, 0.1) is 25.0 Å². The summed E-state index contributed by atoms with van der Waals surface area (Å²) >= 11 is 3.33. The number of fused-ring (bicyclic) bond motifs is 2. The highest BCUT2D eigenvalue weighted by molar-refractivity contribution is 9.10. The molecule has 0 aliphatic carbocycles. The molecule has 0 radical (unpaired) electrons. The van der Waals surface area contributed by atoms with Crippen LogP contribution in [0.3, 0.4) is 0 Å². The molecule has 2 aromatic heterocycles. The maximum Gasteiger partial charge on any atom is 0.488 e. The lowest BCUT2D eigenvalue weighted by molar-refractivity contribution is 0.414. The molecule has 312 valence electrons. The van der Waals surface area contributed by atoms with Gasteiger partial charge in [-0.15, -0.1) is 0 Å².